The molecule has 0 saturated heterocycles. The van der Waals surface area contributed by atoms with Crippen molar-refractivity contribution in [1.82, 2.24) is 0 Å². The smallest absolute Gasteiger partial charge is 0.314 e. The summed E-state index contributed by atoms with van der Waals surface area (Å²) in [4.78, 5) is 11.7. The summed E-state index contributed by atoms with van der Waals surface area (Å²) in [5.74, 6) is -0.624. The Kier molecular flexibility index (Phi) is 2.44. The third-order valence-electron chi connectivity index (χ3n) is 3.83. The summed E-state index contributed by atoms with van der Waals surface area (Å²) >= 11 is 0. The molecule has 0 amide bonds. The number of carbonyl (C=O) groups is 1. The van der Waals surface area contributed by atoms with Crippen molar-refractivity contribution < 1.29 is 9.90 Å². The zero-order chi connectivity index (χ0) is 12.6. The molecule has 90 valence electrons. The van der Waals surface area contributed by atoms with Crippen molar-refractivity contribution in [3.8, 4) is 0 Å². The maximum Gasteiger partial charge on any atom is 0.314 e. The molecule has 2 atom stereocenters. The lowest BCUT2D eigenvalue weighted by Crippen LogP contribution is -2.21. The van der Waals surface area contributed by atoms with Gasteiger partial charge in [-0.05, 0) is 17.5 Å². The van der Waals surface area contributed by atoms with E-state index in [-0.39, 0.29) is 5.92 Å². The van der Waals surface area contributed by atoms with Crippen LogP contribution < -0.4 is 0 Å². The second kappa shape index (κ2) is 3.98. The molecule has 0 aliphatic heterocycles. The molecule has 0 aromatic heterocycles. The first-order valence-electron chi connectivity index (χ1n) is 6.09. The van der Waals surface area contributed by atoms with E-state index in [1.54, 1.807) is 0 Å². The molecule has 0 radical (unpaired) electrons. The fraction of sp³-hybridized carbons (Fsp3) is 0.188. The van der Waals surface area contributed by atoms with E-state index in [2.05, 4.69) is 0 Å². The lowest BCUT2D eigenvalue weighted by molar-refractivity contribution is -0.140. The molecule has 3 rings (SSSR count). The van der Waals surface area contributed by atoms with Gasteiger partial charge in [0.15, 0.2) is 0 Å². The summed E-state index contributed by atoms with van der Waals surface area (Å²) in [7, 11) is 0. The molecular weight excluding hydrogens is 224 g/mol. The van der Waals surface area contributed by atoms with Crippen LogP contribution in [0.5, 0.6) is 0 Å². The van der Waals surface area contributed by atoms with Gasteiger partial charge in [0.25, 0.3) is 0 Å². The minimum Gasteiger partial charge on any atom is -0.481 e. The maximum absolute atomic E-state index is 11.7. The van der Waals surface area contributed by atoms with Gasteiger partial charge in [0.1, 0.15) is 5.41 Å². The lowest BCUT2D eigenvalue weighted by atomic mass is 9.91. The average Bonchev–Trinajstić information content (AvgIpc) is 3.18. The van der Waals surface area contributed by atoms with E-state index in [0.717, 1.165) is 11.1 Å². The minimum absolute atomic E-state index is 0.0959. The van der Waals surface area contributed by atoms with Crippen molar-refractivity contribution in [2.24, 2.45) is 0 Å². The quantitative estimate of drug-likeness (QED) is 0.891. The van der Waals surface area contributed by atoms with Crippen molar-refractivity contribution in [3.63, 3.8) is 0 Å². The molecule has 0 spiro atoms. The molecule has 1 aliphatic rings. The molecule has 0 heterocycles. The van der Waals surface area contributed by atoms with Crippen LogP contribution in [0.25, 0.3) is 0 Å². The number of aliphatic carboxylic acids is 1. The van der Waals surface area contributed by atoms with Crippen molar-refractivity contribution in [1.29, 1.82) is 0 Å². The highest BCUT2D eigenvalue weighted by Crippen LogP contribution is 2.60. The Morgan fingerprint density at radius 1 is 1.00 bits per heavy atom. The second-order valence-electron chi connectivity index (χ2n) is 4.81. The van der Waals surface area contributed by atoms with E-state index in [4.69, 9.17) is 0 Å². The summed E-state index contributed by atoms with van der Waals surface area (Å²) in [5.41, 5.74) is 1.30. The standard InChI is InChI=1S/C16H14O2/c17-15(18)16(13-9-5-2-6-10-13)11-14(16)12-7-3-1-4-8-12/h1-10,14H,11H2,(H,17,18)/t14-,16-/m1/s1. The third-order valence-corrected chi connectivity index (χ3v) is 3.83. The Morgan fingerprint density at radius 3 is 2.11 bits per heavy atom. The minimum atomic E-state index is -0.720. The molecule has 2 nitrogen and oxygen atoms in total. The summed E-state index contributed by atoms with van der Waals surface area (Å²) in [6.07, 6.45) is 0.691. The number of hydrogen-bond donors (Lipinski definition) is 1. The zero-order valence-electron chi connectivity index (χ0n) is 9.91. The van der Waals surface area contributed by atoms with Crippen LogP contribution in [0.3, 0.4) is 0 Å². The summed E-state index contributed by atoms with van der Waals surface area (Å²) in [5, 5.41) is 9.59. The average molecular weight is 238 g/mol. The first-order chi connectivity index (χ1) is 8.75. The van der Waals surface area contributed by atoms with Crippen molar-refractivity contribution in [2.75, 3.05) is 0 Å². The SMILES string of the molecule is O=C(O)[C@@]1(c2ccccc2)C[C@@H]1c1ccccc1. The molecule has 0 unspecified atom stereocenters. The number of carboxylic acid groups (broad SMARTS) is 1. The fourth-order valence-corrected chi connectivity index (χ4v) is 2.77. The zero-order valence-corrected chi connectivity index (χ0v) is 9.91. The van der Waals surface area contributed by atoms with Crippen LogP contribution in [0.15, 0.2) is 60.7 Å². The monoisotopic (exact) mass is 238 g/mol. The van der Waals surface area contributed by atoms with E-state index < -0.39 is 11.4 Å². The van der Waals surface area contributed by atoms with Gasteiger partial charge in [-0.1, -0.05) is 60.7 Å². The highest BCUT2D eigenvalue weighted by molar-refractivity contribution is 5.87. The van der Waals surface area contributed by atoms with Gasteiger partial charge in [-0.25, -0.2) is 0 Å². The molecule has 2 aromatic carbocycles. The Morgan fingerprint density at radius 2 is 1.56 bits per heavy atom. The summed E-state index contributed by atoms with van der Waals surface area (Å²) < 4.78 is 0. The number of hydrogen-bond acceptors (Lipinski definition) is 1. The Balaban J connectivity index is 2.01. The van der Waals surface area contributed by atoms with Crippen molar-refractivity contribution in [3.05, 3.63) is 71.8 Å². The van der Waals surface area contributed by atoms with Gasteiger partial charge in [-0.15, -0.1) is 0 Å². The fourth-order valence-electron chi connectivity index (χ4n) is 2.77. The van der Waals surface area contributed by atoms with Crippen molar-refractivity contribution in [2.45, 2.75) is 17.8 Å². The van der Waals surface area contributed by atoms with E-state index in [1.165, 1.54) is 0 Å². The van der Waals surface area contributed by atoms with E-state index in [1.807, 2.05) is 60.7 Å². The van der Waals surface area contributed by atoms with Gasteiger partial charge in [0, 0.05) is 5.92 Å². The van der Waals surface area contributed by atoms with E-state index in [0.29, 0.717) is 6.42 Å². The number of rotatable bonds is 3. The van der Waals surface area contributed by atoms with Gasteiger partial charge in [0.2, 0.25) is 0 Å². The van der Waals surface area contributed by atoms with Gasteiger partial charge in [0.05, 0.1) is 0 Å². The van der Waals surface area contributed by atoms with E-state index >= 15 is 0 Å². The van der Waals surface area contributed by atoms with E-state index in [9.17, 15) is 9.90 Å². The highest BCUT2D eigenvalue weighted by Gasteiger charge is 2.61. The van der Waals surface area contributed by atoms with Crippen LogP contribution in [0, 0.1) is 0 Å². The molecule has 2 aromatic rings. The third kappa shape index (κ3) is 1.53. The number of carboxylic acids is 1. The second-order valence-corrected chi connectivity index (χ2v) is 4.81. The molecule has 0 bridgehead atoms. The van der Waals surface area contributed by atoms with Gasteiger partial charge >= 0.3 is 5.97 Å². The summed E-state index contributed by atoms with van der Waals surface area (Å²) in [6, 6.07) is 19.5. The maximum atomic E-state index is 11.7. The first-order valence-corrected chi connectivity index (χ1v) is 6.09. The Hall–Kier alpha value is -2.09. The number of benzene rings is 2. The predicted molar refractivity (Wildman–Crippen MR) is 69.6 cm³/mol. The Labute approximate surface area is 106 Å². The molecule has 18 heavy (non-hydrogen) atoms. The molecular formula is C16H14O2. The predicted octanol–water partition coefficient (Wildman–Crippen LogP) is 3.20. The van der Waals surface area contributed by atoms with Crippen LogP contribution in [0.4, 0.5) is 0 Å². The van der Waals surface area contributed by atoms with Crippen LogP contribution in [-0.2, 0) is 10.2 Å². The van der Waals surface area contributed by atoms with Crippen LogP contribution >= 0.6 is 0 Å². The largest absolute Gasteiger partial charge is 0.481 e. The molecule has 1 saturated carbocycles. The Bertz CT molecular complexity index is 562. The van der Waals surface area contributed by atoms with Gasteiger partial charge in [-0.3, -0.25) is 4.79 Å². The molecule has 1 fully saturated rings. The normalized spacial score (nSPS) is 25.7. The topological polar surface area (TPSA) is 37.3 Å². The van der Waals surface area contributed by atoms with Crippen LogP contribution in [0.1, 0.15) is 23.5 Å². The van der Waals surface area contributed by atoms with Crippen LogP contribution in [0.2, 0.25) is 0 Å². The van der Waals surface area contributed by atoms with Gasteiger partial charge < -0.3 is 5.11 Å². The molecule has 2 heteroatoms. The first kappa shape index (κ1) is 11.0. The van der Waals surface area contributed by atoms with Crippen molar-refractivity contribution >= 4 is 5.97 Å². The van der Waals surface area contributed by atoms with Crippen LogP contribution in [-0.4, -0.2) is 11.1 Å². The molecule has 1 aliphatic carbocycles. The van der Waals surface area contributed by atoms with Gasteiger partial charge in [-0.2, -0.15) is 0 Å². The lowest BCUT2D eigenvalue weighted by Gasteiger charge is -2.13. The highest BCUT2D eigenvalue weighted by atomic mass is 16.4. The summed E-state index contributed by atoms with van der Waals surface area (Å²) in [6.45, 7) is 0. The molecule has 1 N–H and O–H groups in total.